The third-order valence-electron chi connectivity index (χ3n) is 5.15. The molecule has 4 rings (SSSR count). The quantitative estimate of drug-likeness (QED) is 0.784. The zero-order valence-corrected chi connectivity index (χ0v) is 15.0. The number of fused-ring (bicyclic) bond motifs is 1. The molecule has 0 saturated carbocycles. The fraction of sp³-hybridized carbons (Fsp3) is 0.421. The fourth-order valence-corrected chi connectivity index (χ4v) is 3.69. The molecule has 0 atom stereocenters. The maximum absolute atomic E-state index is 12.3. The second-order valence-corrected chi connectivity index (χ2v) is 6.78. The smallest absolute Gasteiger partial charge is 0.317 e. The lowest BCUT2D eigenvalue weighted by molar-refractivity contribution is 0.179. The zero-order valence-electron chi connectivity index (χ0n) is 15.0. The molecule has 26 heavy (non-hydrogen) atoms. The monoisotopic (exact) mass is 352 g/mol. The van der Waals surface area contributed by atoms with Crippen LogP contribution >= 0.6 is 0 Å². The molecule has 1 fully saturated rings. The number of nitrogens with one attached hydrogen (secondary N) is 1. The van der Waals surface area contributed by atoms with Gasteiger partial charge in [-0.05, 0) is 31.0 Å². The summed E-state index contributed by atoms with van der Waals surface area (Å²) in [5, 5.41) is 7.12. The molecule has 0 aliphatic carbocycles. The standard InChI is InChI=1S/C19H24N6O/c1-23-17-6-3-2-5-16(17)22-18(23)15-7-12-24(13-8-15)19(26)20-10-14-25-11-4-9-21-25/h2-6,9,11,15H,7-8,10,12-14H2,1H3,(H,20,26). The Morgan fingerprint density at radius 1 is 1.23 bits per heavy atom. The molecule has 1 aliphatic heterocycles. The van der Waals surface area contributed by atoms with Crippen LogP contribution < -0.4 is 5.32 Å². The number of para-hydroxylation sites is 2. The van der Waals surface area contributed by atoms with Gasteiger partial charge in [0.15, 0.2) is 0 Å². The lowest BCUT2D eigenvalue weighted by atomic mass is 9.96. The number of hydrogen-bond donors (Lipinski definition) is 1. The maximum Gasteiger partial charge on any atom is 0.317 e. The number of rotatable bonds is 4. The van der Waals surface area contributed by atoms with E-state index in [2.05, 4.69) is 34.2 Å². The van der Waals surface area contributed by atoms with Crippen LogP contribution in [0.2, 0.25) is 0 Å². The molecule has 1 N–H and O–H groups in total. The van der Waals surface area contributed by atoms with E-state index in [-0.39, 0.29) is 6.03 Å². The van der Waals surface area contributed by atoms with E-state index in [1.165, 1.54) is 5.52 Å². The van der Waals surface area contributed by atoms with E-state index in [9.17, 15) is 4.79 Å². The Hall–Kier alpha value is -2.83. The highest BCUT2D eigenvalue weighted by atomic mass is 16.2. The lowest BCUT2D eigenvalue weighted by Gasteiger charge is -2.31. The van der Waals surface area contributed by atoms with Gasteiger partial charge in [-0.1, -0.05) is 12.1 Å². The highest BCUT2D eigenvalue weighted by molar-refractivity contribution is 5.76. The third kappa shape index (κ3) is 3.29. The predicted octanol–water partition coefficient (Wildman–Crippen LogP) is 2.36. The Balaban J connectivity index is 1.31. The Kier molecular flexibility index (Phi) is 4.60. The molecule has 2 aromatic heterocycles. The lowest BCUT2D eigenvalue weighted by Crippen LogP contribution is -2.45. The van der Waals surface area contributed by atoms with Gasteiger partial charge in [0, 0.05) is 45.0 Å². The molecule has 0 spiro atoms. The Morgan fingerprint density at radius 3 is 2.77 bits per heavy atom. The van der Waals surface area contributed by atoms with Gasteiger partial charge in [0.05, 0.1) is 17.6 Å². The summed E-state index contributed by atoms with van der Waals surface area (Å²) in [6.07, 6.45) is 5.54. The number of carbonyl (C=O) groups is 1. The highest BCUT2D eigenvalue weighted by Gasteiger charge is 2.26. The second-order valence-electron chi connectivity index (χ2n) is 6.78. The summed E-state index contributed by atoms with van der Waals surface area (Å²) in [7, 11) is 2.08. The van der Waals surface area contributed by atoms with Crippen LogP contribution in [0.5, 0.6) is 0 Å². The summed E-state index contributed by atoms with van der Waals surface area (Å²) in [4.78, 5) is 19.1. The van der Waals surface area contributed by atoms with Gasteiger partial charge in [-0.3, -0.25) is 4.68 Å². The molecule has 0 bridgehead atoms. The van der Waals surface area contributed by atoms with Crippen molar-refractivity contribution in [3.8, 4) is 0 Å². The summed E-state index contributed by atoms with van der Waals surface area (Å²) in [5.41, 5.74) is 2.21. The summed E-state index contributed by atoms with van der Waals surface area (Å²) >= 11 is 0. The number of benzene rings is 1. The molecule has 1 aromatic carbocycles. The van der Waals surface area contributed by atoms with Gasteiger partial charge >= 0.3 is 6.03 Å². The number of nitrogens with zero attached hydrogens (tertiary/aromatic N) is 5. The van der Waals surface area contributed by atoms with Crippen molar-refractivity contribution in [1.29, 1.82) is 0 Å². The van der Waals surface area contributed by atoms with Crippen LogP contribution in [0.25, 0.3) is 11.0 Å². The number of likely N-dealkylation sites (tertiary alicyclic amines) is 1. The molecule has 0 unspecified atom stereocenters. The van der Waals surface area contributed by atoms with Crippen LogP contribution in [0.4, 0.5) is 4.79 Å². The van der Waals surface area contributed by atoms with Crippen molar-refractivity contribution in [3.05, 3.63) is 48.5 Å². The van der Waals surface area contributed by atoms with Gasteiger partial charge in [0.2, 0.25) is 0 Å². The number of aromatic nitrogens is 4. The average Bonchev–Trinajstić information content (AvgIpc) is 3.30. The molecular formula is C19H24N6O. The molecule has 1 aliphatic rings. The van der Waals surface area contributed by atoms with E-state index in [4.69, 9.17) is 4.98 Å². The first kappa shape index (κ1) is 16.6. The van der Waals surface area contributed by atoms with Gasteiger partial charge in [-0.25, -0.2) is 9.78 Å². The van der Waals surface area contributed by atoms with Gasteiger partial charge in [0.1, 0.15) is 5.82 Å². The second kappa shape index (κ2) is 7.19. The summed E-state index contributed by atoms with van der Waals surface area (Å²) in [6.45, 7) is 2.81. The van der Waals surface area contributed by atoms with Gasteiger partial charge < -0.3 is 14.8 Å². The van der Waals surface area contributed by atoms with Gasteiger partial charge in [-0.15, -0.1) is 0 Å². The molecule has 3 heterocycles. The van der Waals surface area contributed by atoms with Crippen LogP contribution in [0.3, 0.4) is 0 Å². The number of piperidine rings is 1. The summed E-state index contributed by atoms with van der Waals surface area (Å²) in [6, 6.07) is 10.1. The van der Waals surface area contributed by atoms with E-state index < -0.39 is 0 Å². The molecule has 2 amide bonds. The molecular weight excluding hydrogens is 328 g/mol. The average molecular weight is 352 g/mol. The van der Waals surface area contributed by atoms with Crippen LogP contribution in [0.15, 0.2) is 42.7 Å². The normalized spacial score (nSPS) is 15.5. The molecule has 3 aromatic rings. The van der Waals surface area contributed by atoms with Crippen molar-refractivity contribution in [2.45, 2.75) is 25.3 Å². The molecule has 7 heteroatoms. The van der Waals surface area contributed by atoms with E-state index in [1.807, 2.05) is 34.0 Å². The van der Waals surface area contributed by atoms with E-state index in [1.54, 1.807) is 6.20 Å². The van der Waals surface area contributed by atoms with Gasteiger partial charge in [0.25, 0.3) is 0 Å². The molecule has 0 radical (unpaired) electrons. The Bertz CT molecular complexity index is 877. The van der Waals surface area contributed by atoms with Crippen molar-refractivity contribution < 1.29 is 4.79 Å². The highest BCUT2D eigenvalue weighted by Crippen LogP contribution is 2.29. The Labute approximate surface area is 152 Å². The first-order valence-electron chi connectivity index (χ1n) is 9.14. The zero-order chi connectivity index (χ0) is 17.9. The number of amides is 2. The predicted molar refractivity (Wildman–Crippen MR) is 99.9 cm³/mol. The van der Waals surface area contributed by atoms with Crippen molar-refractivity contribution >= 4 is 17.1 Å². The van der Waals surface area contributed by atoms with E-state index in [0.717, 1.165) is 37.3 Å². The molecule has 7 nitrogen and oxygen atoms in total. The van der Waals surface area contributed by atoms with Crippen LogP contribution in [0, 0.1) is 0 Å². The Morgan fingerprint density at radius 2 is 2.04 bits per heavy atom. The number of aryl methyl sites for hydroxylation is 1. The van der Waals surface area contributed by atoms with Crippen molar-refractivity contribution in [2.75, 3.05) is 19.6 Å². The van der Waals surface area contributed by atoms with Crippen molar-refractivity contribution in [3.63, 3.8) is 0 Å². The van der Waals surface area contributed by atoms with Gasteiger partial charge in [-0.2, -0.15) is 5.10 Å². The van der Waals surface area contributed by atoms with Crippen LogP contribution in [0.1, 0.15) is 24.6 Å². The number of urea groups is 1. The number of imidazole rings is 1. The van der Waals surface area contributed by atoms with Crippen LogP contribution in [-0.2, 0) is 13.6 Å². The summed E-state index contributed by atoms with van der Waals surface area (Å²) in [5.74, 6) is 1.53. The number of carbonyl (C=O) groups excluding carboxylic acids is 1. The third-order valence-corrected chi connectivity index (χ3v) is 5.15. The molecule has 1 saturated heterocycles. The van der Waals surface area contributed by atoms with Crippen molar-refractivity contribution in [2.24, 2.45) is 7.05 Å². The van der Waals surface area contributed by atoms with E-state index >= 15 is 0 Å². The summed E-state index contributed by atoms with van der Waals surface area (Å²) < 4.78 is 4.01. The van der Waals surface area contributed by atoms with Crippen molar-refractivity contribution in [1.82, 2.24) is 29.5 Å². The maximum atomic E-state index is 12.3. The fourth-order valence-electron chi connectivity index (χ4n) is 3.69. The minimum absolute atomic E-state index is 0.0145. The minimum atomic E-state index is 0.0145. The largest absolute Gasteiger partial charge is 0.336 e. The topological polar surface area (TPSA) is 68.0 Å². The van der Waals surface area contributed by atoms with Crippen LogP contribution in [-0.4, -0.2) is 49.9 Å². The van der Waals surface area contributed by atoms with E-state index in [0.29, 0.717) is 19.0 Å². The molecule has 136 valence electrons. The SMILES string of the molecule is Cn1c(C2CCN(C(=O)NCCn3cccn3)CC2)nc2ccccc21. The number of hydrogen-bond acceptors (Lipinski definition) is 3. The first-order valence-corrected chi connectivity index (χ1v) is 9.14. The minimum Gasteiger partial charge on any atom is -0.336 e. The first-order chi connectivity index (χ1) is 12.7.